The van der Waals surface area contributed by atoms with E-state index in [2.05, 4.69) is 46.4 Å². The molecule has 20 heavy (non-hydrogen) atoms. The number of halogens is 1. The molecule has 2 aromatic carbocycles. The molecule has 1 unspecified atom stereocenters. The number of hydrogen-bond donors (Lipinski definition) is 2. The van der Waals surface area contributed by atoms with Crippen LogP contribution >= 0.6 is 15.9 Å². The monoisotopic (exact) mass is 331 g/mol. The van der Waals surface area contributed by atoms with Gasteiger partial charge in [0.05, 0.1) is 6.04 Å². The van der Waals surface area contributed by atoms with Gasteiger partial charge in [0, 0.05) is 10.2 Å². The van der Waals surface area contributed by atoms with Crippen molar-refractivity contribution in [1.29, 1.82) is 0 Å². The molecular formula is C17H18BrNO. The highest BCUT2D eigenvalue weighted by atomic mass is 79.9. The number of phenolic OH excluding ortho intramolecular Hbond substituents is 1. The fourth-order valence-electron chi connectivity index (χ4n) is 2.82. The lowest BCUT2D eigenvalue weighted by atomic mass is 9.87. The summed E-state index contributed by atoms with van der Waals surface area (Å²) in [4.78, 5) is 0. The first kappa shape index (κ1) is 13.5. The van der Waals surface area contributed by atoms with Gasteiger partial charge in [-0.1, -0.05) is 28.1 Å². The molecule has 0 spiro atoms. The predicted octanol–water partition coefficient (Wildman–Crippen LogP) is 4.95. The zero-order chi connectivity index (χ0) is 14.1. The van der Waals surface area contributed by atoms with Crippen LogP contribution in [0.25, 0.3) is 0 Å². The molecule has 0 heterocycles. The smallest absolute Gasteiger partial charge is 0.115 e. The molecule has 2 aromatic rings. The van der Waals surface area contributed by atoms with Crippen LogP contribution in [-0.4, -0.2) is 5.11 Å². The molecule has 1 aliphatic rings. The molecule has 0 fully saturated rings. The summed E-state index contributed by atoms with van der Waals surface area (Å²) in [6.45, 7) is 2.09. The van der Waals surface area contributed by atoms with Crippen LogP contribution in [0, 0.1) is 6.92 Å². The van der Waals surface area contributed by atoms with Crippen molar-refractivity contribution in [3.63, 3.8) is 0 Å². The van der Waals surface area contributed by atoms with Crippen LogP contribution in [0.2, 0.25) is 0 Å². The molecule has 3 rings (SSSR count). The Morgan fingerprint density at radius 1 is 1.20 bits per heavy atom. The van der Waals surface area contributed by atoms with Crippen molar-refractivity contribution in [3.05, 3.63) is 57.6 Å². The number of rotatable bonds is 2. The molecule has 2 nitrogen and oxygen atoms in total. The summed E-state index contributed by atoms with van der Waals surface area (Å²) >= 11 is 3.57. The highest BCUT2D eigenvalue weighted by Crippen LogP contribution is 2.35. The third kappa shape index (κ3) is 2.68. The van der Waals surface area contributed by atoms with Gasteiger partial charge in [-0.2, -0.15) is 0 Å². The molecule has 0 aromatic heterocycles. The van der Waals surface area contributed by atoms with E-state index in [-0.39, 0.29) is 6.04 Å². The predicted molar refractivity (Wildman–Crippen MR) is 86.3 cm³/mol. The van der Waals surface area contributed by atoms with Crippen molar-refractivity contribution < 1.29 is 5.11 Å². The van der Waals surface area contributed by atoms with Crippen LogP contribution in [0.4, 0.5) is 5.69 Å². The highest BCUT2D eigenvalue weighted by Gasteiger charge is 2.20. The number of benzene rings is 2. The first-order valence-electron chi connectivity index (χ1n) is 6.98. The lowest BCUT2D eigenvalue weighted by molar-refractivity contribution is 0.471. The average Bonchev–Trinajstić information content (AvgIpc) is 2.44. The Kier molecular flexibility index (Phi) is 3.70. The summed E-state index contributed by atoms with van der Waals surface area (Å²) in [6.07, 6.45) is 3.38. The average molecular weight is 332 g/mol. The van der Waals surface area contributed by atoms with Crippen LogP contribution in [0.5, 0.6) is 5.75 Å². The minimum atomic E-state index is 0.278. The van der Waals surface area contributed by atoms with Gasteiger partial charge in [0.15, 0.2) is 0 Å². The Balaban J connectivity index is 1.89. The largest absolute Gasteiger partial charge is 0.508 e. The summed E-state index contributed by atoms with van der Waals surface area (Å²) in [5.74, 6) is 0.350. The van der Waals surface area contributed by atoms with E-state index in [1.54, 1.807) is 6.07 Å². The van der Waals surface area contributed by atoms with Gasteiger partial charge in [0.1, 0.15) is 5.75 Å². The van der Waals surface area contributed by atoms with Gasteiger partial charge in [-0.05, 0) is 67.1 Å². The van der Waals surface area contributed by atoms with Gasteiger partial charge in [0.2, 0.25) is 0 Å². The zero-order valence-corrected chi connectivity index (χ0v) is 13.1. The standard InChI is InChI=1S/C17H18BrNO/c1-11-5-7-13(9-16(11)18)19-17-4-2-3-12-6-8-14(20)10-15(12)17/h5-10,17,19-20H,2-4H2,1H3. The minimum absolute atomic E-state index is 0.278. The molecule has 0 saturated heterocycles. The number of aromatic hydroxyl groups is 1. The normalized spacial score (nSPS) is 17.6. The second-order valence-electron chi connectivity index (χ2n) is 5.44. The topological polar surface area (TPSA) is 32.3 Å². The van der Waals surface area contributed by atoms with Crippen molar-refractivity contribution >= 4 is 21.6 Å². The van der Waals surface area contributed by atoms with E-state index in [1.165, 1.54) is 23.1 Å². The van der Waals surface area contributed by atoms with Crippen molar-refractivity contribution in [2.75, 3.05) is 5.32 Å². The molecule has 0 saturated carbocycles. The Morgan fingerprint density at radius 2 is 2.05 bits per heavy atom. The van der Waals surface area contributed by atoms with E-state index in [9.17, 15) is 5.11 Å². The molecule has 2 N–H and O–H groups in total. The molecular weight excluding hydrogens is 314 g/mol. The van der Waals surface area contributed by atoms with Crippen LogP contribution in [-0.2, 0) is 6.42 Å². The first-order chi connectivity index (χ1) is 9.63. The van der Waals surface area contributed by atoms with Crippen molar-refractivity contribution in [2.24, 2.45) is 0 Å². The van der Waals surface area contributed by atoms with Crippen molar-refractivity contribution in [3.8, 4) is 5.75 Å². The maximum atomic E-state index is 9.72. The maximum Gasteiger partial charge on any atom is 0.115 e. The summed E-state index contributed by atoms with van der Waals surface area (Å²) in [5, 5.41) is 13.3. The van der Waals surface area contributed by atoms with E-state index in [1.807, 2.05) is 12.1 Å². The van der Waals surface area contributed by atoms with E-state index in [4.69, 9.17) is 0 Å². The number of nitrogens with one attached hydrogen (secondary N) is 1. The van der Waals surface area contributed by atoms with Gasteiger partial charge in [0.25, 0.3) is 0 Å². The lowest BCUT2D eigenvalue weighted by Crippen LogP contribution is -2.17. The third-order valence-corrected chi connectivity index (χ3v) is 4.81. The Morgan fingerprint density at radius 3 is 2.85 bits per heavy atom. The Hall–Kier alpha value is -1.48. The van der Waals surface area contributed by atoms with Crippen molar-refractivity contribution in [2.45, 2.75) is 32.2 Å². The second-order valence-corrected chi connectivity index (χ2v) is 6.29. The van der Waals surface area contributed by atoms with Gasteiger partial charge in [-0.3, -0.25) is 0 Å². The van der Waals surface area contributed by atoms with Crippen LogP contribution < -0.4 is 5.32 Å². The Labute approximate surface area is 128 Å². The Bertz CT molecular complexity index is 639. The van der Waals surface area contributed by atoms with Gasteiger partial charge >= 0.3 is 0 Å². The van der Waals surface area contributed by atoms with Crippen molar-refractivity contribution in [1.82, 2.24) is 0 Å². The van der Waals surface area contributed by atoms with Crippen LogP contribution in [0.1, 0.15) is 35.6 Å². The van der Waals surface area contributed by atoms with E-state index in [0.29, 0.717) is 5.75 Å². The summed E-state index contributed by atoms with van der Waals surface area (Å²) < 4.78 is 1.12. The number of hydrogen-bond acceptors (Lipinski definition) is 2. The zero-order valence-electron chi connectivity index (χ0n) is 11.5. The van der Waals surface area contributed by atoms with E-state index >= 15 is 0 Å². The highest BCUT2D eigenvalue weighted by molar-refractivity contribution is 9.10. The van der Waals surface area contributed by atoms with Gasteiger partial charge < -0.3 is 10.4 Å². The van der Waals surface area contributed by atoms with E-state index in [0.717, 1.165) is 23.0 Å². The SMILES string of the molecule is Cc1ccc(NC2CCCc3ccc(O)cc32)cc1Br. The minimum Gasteiger partial charge on any atom is -0.508 e. The van der Waals surface area contributed by atoms with Gasteiger partial charge in [-0.15, -0.1) is 0 Å². The van der Waals surface area contributed by atoms with E-state index < -0.39 is 0 Å². The number of anilines is 1. The fraction of sp³-hybridized carbons (Fsp3) is 0.294. The molecule has 0 radical (unpaired) electrons. The quantitative estimate of drug-likeness (QED) is 0.815. The van der Waals surface area contributed by atoms with Crippen LogP contribution in [0.3, 0.4) is 0 Å². The fourth-order valence-corrected chi connectivity index (χ4v) is 3.20. The molecule has 0 amide bonds. The van der Waals surface area contributed by atoms with Crippen LogP contribution in [0.15, 0.2) is 40.9 Å². The number of fused-ring (bicyclic) bond motifs is 1. The summed E-state index contributed by atoms with van der Waals surface area (Å²) in [6, 6.07) is 12.3. The molecule has 1 aliphatic carbocycles. The maximum absolute atomic E-state index is 9.72. The lowest BCUT2D eigenvalue weighted by Gasteiger charge is -2.27. The summed E-state index contributed by atoms with van der Waals surface area (Å²) in [5.41, 5.74) is 4.92. The van der Waals surface area contributed by atoms with Gasteiger partial charge in [-0.25, -0.2) is 0 Å². The molecule has 0 bridgehead atoms. The molecule has 0 aliphatic heterocycles. The molecule has 1 atom stereocenters. The third-order valence-electron chi connectivity index (χ3n) is 3.96. The number of phenols is 1. The second kappa shape index (κ2) is 5.49. The molecule has 3 heteroatoms. The summed E-state index contributed by atoms with van der Waals surface area (Å²) in [7, 11) is 0. The first-order valence-corrected chi connectivity index (χ1v) is 7.77. The molecule has 104 valence electrons. The number of aryl methyl sites for hydroxylation is 2.